The predicted molar refractivity (Wildman–Crippen MR) is 71.8 cm³/mol. The molecule has 0 radical (unpaired) electrons. The maximum Gasteiger partial charge on any atom is 0.408 e. The van der Waals surface area contributed by atoms with Crippen LogP contribution in [0.15, 0.2) is 36.9 Å². The van der Waals surface area contributed by atoms with Crippen molar-refractivity contribution < 1.29 is 23.0 Å². The lowest BCUT2D eigenvalue weighted by molar-refractivity contribution is -0.156. The maximum atomic E-state index is 13.1. The Labute approximate surface area is 116 Å². The molecule has 0 aliphatic heterocycles. The van der Waals surface area contributed by atoms with Crippen molar-refractivity contribution in [3.05, 3.63) is 36.9 Å². The van der Waals surface area contributed by atoms with E-state index in [0.717, 1.165) is 0 Å². The Morgan fingerprint density at radius 3 is 2.35 bits per heavy atom. The van der Waals surface area contributed by atoms with Gasteiger partial charge >= 0.3 is 6.18 Å². The second-order valence-electron chi connectivity index (χ2n) is 4.36. The zero-order chi connectivity index (χ0) is 15.2. The monoisotopic (exact) mass is 289 g/mol. The number of hydrogen-bond acceptors (Lipinski definition) is 3. The van der Waals surface area contributed by atoms with Crippen LogP contribution in [-0.4, -0.2) is 31.0 Å². The number of aliphatic hydroxyl groups is 1. The van der Waals surface area contributed by atoms with Gasteiger partial charge in [-0.15, -0.1) is 6.58 Å². The molecular formula is C14H18F3NO2. The topological polar surface area (TPSA) is 41.5 Å². The number of allylic oxidation sites excluding steroid dienone is 1. The zero-order valence-electron chi connectivity index (χ0n) is 11.2. The van der Waals surface area contributed by atoms with E-state index in [1.54, 1.807) is 12.1 Å². The average molecular weight is 289 g/mol. The lowest BCUT2D eigenvalue weighted by Crippen LogP contribution is -2.43. The quantitative estimate of drug-likeness (QED) is 0.757. The van der Waals surface area contributed by atoms with E-state index >= 15 is 0 Å². The van der Waals surface area contributed by atoms with Crippen LogP contribution in [0.5, 0.6) is 5.75 Å². The number of anilines is 1. The largest absolute Gasteiger partial charge is 0.497 e. The van der Waals surface area contributed by atoms with E-state index in [2.05, 4.69) is 11.9 Å². The number of aliphatic hydroxyl groups excluding tert-OH is 1. The van der Waals surface area contributed by atoms with Gasteiger partial charge in [0.25, 0.3) is 0 Å². The molecule has 0 amide bonds. The first-order chi connectivity index (χ1) is 9.42. The Balaban J connectivity index is 2.90. The standard InChI is InChI=1S/C14H18F3NO2/c1-3-4-10(9-19)13(14(15,16)17)18-11-5-7-12(20-2)8-6-11/h3,5-8,10,13,18-19H,1,4,9H2,2H3/t10-,13+/m1/s1. The van der Waals surface area contributed by atoms with E-state index in [4.69, 9.17) is 9.84 Å². The number of halogens is 3. The van der Waals surface area contributed by atoms with Crippen LogP contribution in [0.3, 0.4) is 0 Å². The Kier molecular flexibility index (Phi) is 5.88. The van der Waals surface area contributed by atoms with E-state index in [9.17, 15) is 13.2 Å². The van der Waals surface area contributed by atoms with Gasteiger partial charge in [-0.25, -0.2) is 0 Å². The van der Waals surface area contributed by atoms with Crippen LogP contribution in [0.1, 0.15) is 6.42 Å². The highest BCUT2D eigenvalue weighted by Gasteiger charge is 2.44. The summed E-state index contributed by atoms with van der Waals surface area (Å²) in [5.74, 6) is -0.418. The van der Waals surface area contributed by atoms with E-state index in [-0.39, 0.29) is 6.42 Å². The summed E-state index contributed by atoms with van der Waals surface area (Å²) in [4.78, 5) is 0. The second kappa shape index (κ2) is 7.19. The van der Waals surface area contributed by atoms with Crippen LogP contribution in [0.2, 0.25) is 0 Å². The van der Waals surface area contributed by atoms with E-state index in [0.29, 0.717) is 11.4 Å². The number of rotatable bonds is 7. The predicted octanol–water partition coefficient (Wildman–Crippen LogP) is 3.22. The van der Waals surface area contributed by atoms with E-state index in [1.807, 2.05) is 0 Å². The van der Waals surface area contributed by atoms with Crippen molar-refractivity contribution in [3.8, 4) is 5.75 Å². The molecule has 0 aromatic heterocycles. The summed E-state index contributed by atoms with van der Waals surface area (Å²) in [6.07, 6.45) is -3.02. The average Bonchev–Trinajstić information content (AvgIpc) is 2.42. The van der Waals surface area contributed by atoms with Crippen molar-refractivity contribution in [1.82, 2.24) is 0 Å². The number of alkyl halides is 3. The molecule has 2 atom stereocenters. The zero-order valence-corrected chi connectivity index (χ0v) is 11.2. The molecule has 112 valence electrons. The number of nitrogens with one attached hydrogen (secondary N) is 1. The maximum absolute atomic E-state index is 13.1. The molecule has 2 N–H and O–H groups in total. The molecule has 0 bridgehead atoms. The Bertz CT molecular complexity index is 417. The number of benzene rings is 1. The van der Waals surface area contributed by atoms with Crippen LogP contribution in [0, 0.1) is 5.92 Å². The summed E-state index contributed by atoms with van der Waals surface area (Å²) >= 11 is 0. The van der Waals surface area contributed by atoms with Crippen LogP contribution in [-0.2, 0) is 0 Å². The molecule has 1 aromatic rings. The number of methoxy groups -OCH3 is 1. The summed E-state index contributed by atoms with van der Waals surface area (Å²) < 4.78 is 44.2. The third-order valence-corrected chi connectivity index (χ3v) is 2.94. The van der Waals surface area contributed by atoms with E-state index < -0.39 is 24.7 Å². The fraction of sp³-hybridized carbons (Fsp3) is 0.429. The van der Waals surface area contributed by atoms with Gasteiger partial charge in [0.05, 0.1) is 7.11 Å². The lowest BCUT2D eigenvalue weighted by atomic mass is 9.96. The van der Waals surface area contributed by atoms with Crippen molar-refractivity contribution in [2.24, 2.45) is 5.92 Å². The van der Waals surface area contributed by atoms with Gasteiger partial charge in [0, 0.05) is 18.2 Å². The van der Waals surface area contributed by atoms with Gasteiger partial charge in [0.15, 0.2) is 0 Å². The summed E-state index contributed by atoms with van der Waals surface area (Å²) in [5, 5.41) is 11.6. The van der Waals surface area contributed by atoms with Crippen LogP contribution >= 0.6 is 0 Å². The third-order valence-electron chi connectivity index (χ3n) is 2.94. The molecule has 0 heterocycles. The minimum Gasteiger partial charge on any atom is -0.497 e. The highest BCUT2D eigenvalue weighted by molar-refractivity contribution is 5.47. The molecule has 0 fully saturated rings. The normalized spacial score (nSPS) is 14.4. The van der Waals surface area contributed by atoms with Crippen LogP contribution in [0.25, 0.3) is 0 Å². The summed E-state index contributed by atoms with van der Waals surface area (Å²) in [7, 11) is 1.48. The molecule has 20 heavy (non-hydrogen) atoms. The van der Waals surface area contributed by atoms with Crippen LogP contribution < -0.4 is 10.1 Å². The highest BCUT2D eigenvalue weighted by atomic mass is 19.4. The third kappa shape index (κ3) is 4.45. The lowest BCUT2D eigenvalue weighted by Gasteiger charge is -2.29. The van der Waals surface area contributed by atoms with Crippen molar-refractivity contribution in [2.75, 3.05) is 19.0 Å². The first-order valence-corrected chi connectivity index (χ1v) is 6.11. The Morgan fingerprint density at radius 2 is 1.95 bits per heavy atom. The molecule has 1 aromatic carbocycles. The minimum absolute atomic E-state index is 0.0732. The van der Waals surface area contributed by atoms with E-state index in [1.165, 1.54) is 25.3 Å². The summed E-state index contributed by atoms with van der Waals surface area (Å²) in [6, 6.07) is 4.30. The molecule has 1 rings (SSSR count). The molecular weight excluding hydrogens is 271 g/mol. The molecule has 0 saturated carbocycles. The fourth-order valence-corrected chi connectivity index (χ4v) is 1.86. The van der Waals surface area contributed by atoms with Crippen molar-refractivity contribution in [2.45, 2.75) is 18.6 Å². The molecule has 0 aliphatic rings. The molecule has 6 heteroatoms. The first kappa shape index (κ1) is 16.4. The summed E-state index contributed by atoms with van der Waals surface area (Å²) in [5.41, 5.74) is 0.315. The van der Waals surface area contributed by atoms with Gasteiger partial charge in [-0.3, -0.25) is 0 Å². The molecule has 0 aliphatic carbocycles. The highest BCUT2D eigenvalue weighted by Crippen LogP contribution is 2.31. The Hall–Kier alpha value is -1.69. The fourth-order valence-electron chi connectivity index (χ4n) is 1.86. The van der Waals surface area contributed by atoms with Crippen molar-refractivity contribution in [3.63, 3.8) is 0 Å². The SMILES string of the molecule is C=CC[C@H](CO)[C@H](Nc1ccc(OC)cc1)C(F)(F)F. The number of hydrogen-bond donors (Lipinski definition) is 2. The molecule has 3 nitrogen and oxygen atoms in total. The van der Waals surface area contributed by atoms with Gasteiger partial charge in [-0.2, -0.15) is 13.2 Å². The van der Waals surface area contributed by atoms with Gasteiger partial charge in [0.1, 0.15) is 11.8 Å². The summed E-state index contributed by atoms with van der Waals surface area (Å²) in [6.45, 7) is 2.85. The second-order valence-corrected chi connectivity index (χ2v) is 4.36. The van der Waals surface area contributed by atoms with Crippen LogP contribution in [0.4, 0.5) is 18.9 Å². The minimum atomic E-state index is -4.46. The Morgan fingerprint density at radius 1 is 1.35 bits per heavy atom. The van der Waals surface area contributed by atoms with Crippen molar-refractivity contribution >= 4 is 5.69 Å². The van der Waals surface area contributed by atoms with Gasteiger partial charge in [0.2, 0.25) is 0 Å². The smallest absolute Gasteiger partial charge is 0.408 e. The van der Waals surface area contributed by atoms with Gasteiger partial charge in [-0.05, 0) is 30.7 Å². The molecule has 0 unspecified atom stereocenters. The molecule has 0 saturated heterocycles. The van der Waals surface area contributed by atoms with Crippen molar-refractivity contribution in [1.29, 1.82) is 0 Å². The first-order valence-electron chi connectivity index (χ1n) is 6.11. The molecule has 0 spiro atoms. The van der Waals surface area contributed by atoms with Gasteiger partial charge < -0.3 is 15.2 Å². The van der Waals surface area contributed by atoms with Gasteiger partial charge in [-0.1, -0.05) is 6.08 Å². The number of ether oxygens (including phenoxy) is 1.